The molecule has 0 saturated heterocycles. The third-order valence-electron chi connectivity index (χ3n) is 1.52. The summed E-state index contributed by atoms with van der Waals surface area (Å²) in [5.41, 5.74) is 0. The van der Waals surface area contributed by atoms with Crippen LogP contribution in [0.5, 0.6) is 0 Å². The largest absolute Gasteiger partial charge is 0.289 e. The van der Waals surface area contributed by atoms with Crippen molar-refractivity contribution in [3.63, 3.8) is 0 Å². The highest BCUT2D eigenvalue weighted by molar-refractivity contribution is 9.10. The van der Waals surface area contributed by atoms with Crippen LogP contribution in [-0.2, 0) is 0 Å². The summed E-state index contributed by atoms with van der Waals surface area (Å²) in [5, 5.41) is 0. The fraction of sp³-hybridized carbons (Fsp3) is 0. The average Bonchev–Trinajstić information content (AvgIpc) is 2.52. The third-order valence-corrected chi connectivity index (χ3v) is 1.93. The Kier molecular flexibility index (Phi) is 2.10. The summed E-state index contributed by atoms with van der Waals surface area (Å²) in [6.45, 7) is 0. The van der Waals surface area contributed by atoms with E-state index in [0.717, 1.165) is 0 Å². The molecule has 0 aliphatic heterocycles. The Hall–Kier alpha value is -1.23. The van der Waals surface area contributed by atoms with Gasteiger partial charge in [0.2, 0.25) is 5.95 Å². The van der Waals surface area contributed by atoms with Crippen LogP contribution in [0.2, 0.25) is 0 Å². The predicted molar refractivity (Wildman–Crippen MR) is 49.0 cm³/mol. The van der Waals surface area contributed by atoms with Gasteiger partial charge in [-0.05, 0) is 28.1 Å². The molecule has 0 atom stereocenters. The summed E-state index contributed by atoms with van der Waals surface area (Å²) in [7, 11) is 0. The van der Waals surface area contributed by atoms with Crippen LogP contribution in [0.25, 0.3) is 5.82 Å². The molecule has 2 aromatic heterocycles. The molecule has 0 N–H and O–H groups in total. The summed E-state index contributed by atoms with van der Waals surface area (Å²) in [5.74, 6) is 0.0144. The maximum absolute atomic E-state index is 12.7. The van der Waals surface area contributed by atoms with Crippen LogP contribution in [0.4, 0.5) is 4.39 Å². The molecule has 0 saturated carbocycles. The second-order valence-electron chi connectivity index (χ2n) is 2.42. The first kappa shape index (κ1) is 8.37. The quantitative estimate of drug-likeness (QED) is 0.717. The van der Waals surface area contributed by atoms with Gasteiger partial charge < -0.3 is 0 Å². The lowest BCUT2D eigenvalue weighted by atomic mass is 10.4. The smallest absolute Gasteiger partial charge is 0.214 e. The number of rotatable bonds is 1. The van der Waals surface area contributed by atoms with E-state index in [2.05, 4.69) is 25.9 Å². The van der Waals surface area contributed by atoms with Gasteiger partial charge >= 0.3 is 0 Å². The van der Waals surface area contributed by atoms with Crippen molar-refractivity contribution in [2.24, 2.45) is 0 Å². The molecule has 13 heavy (non-hydrogen) atoms. The third kappa shape index (κ3) is 1.75. The summed E-state index contributed by atoms with van der Waals surface area (Å²) in [6.07, 6.45) is 3.27. The topological polar surface area (TPSA) is 30.7 Å². The lowest BCUT2D eigenvalue weighted by molar-refractivity contribution is 0.580. The number of nitrogens with zero attached hydrogens (tertiary/aromatic N) is 3. The van der Waals surface area contributed by atoms with Gasteiger partial charge in [-0.15, -0.1) is 0 Å². The van der Waals surface area contributed by atoms with Crippen molar-refractivity contribution in [1.82, 2.24) is 14.5 Å². The predicted octanol–water partition coefficient (Wildman–Crippen LogP) is 2.17. The second kappa shape index (κ2) is 3.26. The Labute approximate surface area is 82.4 Å². The summed E-state index contributed by atoms with van der Waals surface area (Å²) in [4.78, 5) is 7.63. The number of aromatic nitrogens is 3. The summed E-state index contributed by atoms with van der Waals surface area (Å²) >= 11 is 3.19. The Morgan fingerprint density at radius 2 is 2.23 bits per heavy atom. The molecule has 66 valence electrons. The van der Waals surface area contributed by atoms with E-state index < -0.39 is 5.95 Å². The molecule has 2 heterocycles. The normalized spacial score (nSPS) is 10.3. The molecule has 0 aromatic carbocycles. The van der Waals surface area contributed by atoms with E-state index in [1.54, 1.807) is 29.2 Å². The van der Waals surface area contributed by atoms with Crippen LogP contribution in [0.15, 0.2) is 35.3 Å². The first-order chi connectivity index (χ1) is 6.25. The van der Waals surface area contributed by atoms with E-state index >= 15 is 0 Å². The van der Waals surface area contributed by atoms with E-state index in [-0.39, 0.29) is 0 Å². The van der Waals surface area contributed by atoms with Crippen molar-refractivity contribution in [2.75, 3.05) is 0 Å². The highest BCUT2D eigenvalue weighted by Gasteiger charge is 2.00. The van der Waals surface area contributed by atoms with E-state index in [1.165, 1.54) is 6.07 Å². The van der Waals surface area contributed by atoms with Crippen molar-refractivity contribution in [3.05, 3.63) is 41.3 Å². The summed E-state index contributed by atoms with van der Waals surface area (Å²) < 4.78 is 15.0. The Bertz CT molecular complexity index is 427. The van der Waals surface area contributed by atoms with Gasteiger partial charge in [0.1, 0.15) is 16.7 Å². The first-order valence-corrected chi connectivity index (χ1v) is 4.37. The maximum atomic E-state index is 12.7. The van der Waals surface area contributed by atoms with Crippen LogP contribution in [-0.4, -0.2) is 14.5 Å². The number of imidazole rings is 1. The lowest BCUT2D eigenvalue weighted by Gasteiger charge is -1.98. The lowest BCUT2D eigenvalue weighted by Crippen LogP contribution is -1.95. The highest BCUT2D eigenvalue weighted by Crippen LogP contribution is 2.09. The Balaban J connectivity index is 2.46. The van der Waals surface area contributed by atoms with E-state index in [0.29, 0.717) is 10.4 Å². The fourth-order valence-electron chi connectivity index (χ4n) is 0.965. The van der Waals surface area contributed by atoms with Crippen molar-refractivity contribution < 1.29 is 4.39 Å². The monoisotopic (exact) mass is 241 g/mol. The minimum absolute atomic E-state index is 0.498. The van der Waals surface area contributed by atoms with Gasteiger partial charge in [-0.3, -0.25) is 4.57 Å². The SMILES string of the molecule is Fc1cccc(-n2cnc(Br)c2)n1. The molecule has 0 bridgehead atoms. The molecule has 5 heteroatoms. The molecule has 3 nitrogen and oxygen atoms in total. The molecule has 2 rings (SSSR count). The molecular weight excluding hydrogens is 237 g/mol. The van der Waals surface area contributed by atoms with Crippen LogP contribution >= 0.6 is 15.9 Å². The maximum Gasteiger partial charge on any atom is 0.214 e. The fourth-order valence-corrected chi connectivity index (χ4v) is 1.28. The molecule has 0 radical (unpaired) electrons. The molecule has 0 aliphatic rings. The molecule has 0 fully saturated rings. The van der Waals surface area contributed by atoms with Gasteiger partial charge in [0.15, 0.2) is 0 Å². The number of halogens is 2. The van der Waals surface area contributed by atoms with E-state index in [9.17, 15) is 4.39 Å². The van der Waals surface area contributed by atoms with Crippen LogP contribution in [0.3, 0.4) is 0 Å². The minimum atomic E-state index is -0.498. The van der Waals surface area contributed by atoms with Crippen molar-refractivity contribution in [1.29, 1.82) is 0 Å². The molecular formula is C8H5BrFN3. The summed E-state index contributed by atoms with van der Waals surface area (Å²) in [6, 6.07) is 4.61. The van der Waals surface area contributed by atoms with Crippen molar-refractivity contribution in [2.45, 2.75) is 0 Å². The zero-order chi connectivity index (χ0) is 9.26. The van der Waals surface area contributed by atoms with Gasteiger partial charge in [-0.1, -0.05) is 6.07 Å². The van der Waals surface area contributed by atoms with Gasteiger partial charge in [0, 0.05) is 6.20 Å². The van der Waals surface area contributed by atoms with E-state index in [1.807, 2.05) is 0 Å². The number of pyridine rings is 1. The second-order valence-corrected chi connectivity index (χ2v) is 3.23. The number of hydrogen-bond acceptors (Lipinski definition) is 2. The number of hydrogen-bond donors (Lipinski definition) is 0. The molecule has 2 aromatic rings. The Morgan fingerprint density at radius 3 is 2.85 bits per heavy atom. The zero-order valence-corrected chi connectivity index (χ0v) is 8.07. The zero-order valence-electron chi connectivity index (χ0n) is 6.48. The molecule has 0 amide bonds. The van der Waals surface area contributed by atoms with Gasteiger partial charge in [-0.25, -0.2) is 9.97 Å². The van der Waals surface area contributed by atoms with Crippen molar-refractivity contribution >= 4 is 15.9 Å². The highest BCUT2D eigenvalue weighted by atomic mass is 79.9. The average molecular weight is 242 g/mol. The van der Waals surface area contributed by atoms with Crippen LogP contribution in [0.1, 0.15) is 0 Å². The van der Waals surface area contributed by atoms with Crippen LogP contribution < -0.4 is 0 Å². The van der Waals surface area contributed by atoms with Gasteiger partial charge in [0.05, 0.1) is 0 Å². The minimum Gasteiger partial charge on any atom is -0.289 e. The molecule has 0 spiro atoms. The molecule has 0 aliphatic carbocycles. The van der Waals surface area contributed by atoms with Crippen molar-refractivity contribution in [3.8, 4) is 5.82 Å². The standard InChI is InChI=1S/C8H5BrFN3/c9-6-4-13(5-11-6)8-3-1-2-7(10)12-8/h1-5H. The van der Waals surface area contributed by atoms with Gasteiger partial charge in [-0.2, -0.15) is 4.39 Å². The van der Waals surface area contributed by atoms with E-state index in [4.69, 9.17) is 0 Å². The van der Waals surface area contributed by atoms with Gasteiger partial charge in [0.25, 0.3) is 0 Å². The molecule has 0 unspecified atom stereocenters. The first-order valence-electron chi connectivity index (χ1n) is 3.58. The van der Waals surface area contributed by atoms with Crippen LogP contribution in [0, 0.1) is 5.95 Å². The Morgan fingerprint density at radius 1 is 1.38 bits per heavy atom.